The van der Waals surface area contributed by atoms with E-state index in [0.29, 0.717) is 16.3 Å². The number of Topliss-reactive ketones (excluding diaryl/α,β-unsaturated/α-hetero) is 4. The predicted octanol–water partition coefficient (Wildman–Crippen LogP) is 8.24. The van der Waals surface area contributed by atoms with E-state index in [0.717, 1.165) is 108 Å². The van der Waals surface area contributed by atoms with Crippen molar-refractivity contribution in [3.05, 3.63) is 142 Å². The van der Waals surface area contributed by atoms with Crippen LogP contribution in [0.25, 0.3) is 11.6 Å². The molecule has 7 aliphatic carbocycles. The molecular weight excluding hydrogens is 857 g/mol. The van der Waals surface area contributed by atoms with E-state index in [4.69, 9.17) is 20.2 Å². The minimum Gasteiger partial charge on any atom is -0.481 e. The summed E-state index contributed by atoms with van der Waals surface area (Å²) >= 11 is 3.03. The van der Waals surface area contributed by atoms with E-state index in [9.17, 15) is 35.0 Å². The highest BCUT2D eigenvalue weighted by Gasteiger charge is 2.52. The molecule has 3 saturated carbocycles. The molecule has 4 atom stereocenters. The third kappa shape index (κ3) is 5.81. The van der Waals surface area contributed by atoms with E-state index in [1.165, 1.54) is 29.5 Å². The molecular formula is C51H38N6O6S2. The van der Waals surface area contributed by atoms with E-state index in [-0.39, 0.29) is 68.8 Å². The van der Waals surface area contributed by atoms with Gasteiger partial charge in [0.15, 0.2) is 28.7 Å². The van der Waals surface area contributed by atoms with Crippen LogP contribution in [0.3, 0.4) is 0 Å². The molecule has 12 nitrogen and oxygen atoms in total. The first-order valence-electron chi connectivity index (χ1n) is 22.2. The Morgan fingerprint density at radius 1 is 0.769 bits per heavy atom. The molecule has 0 radical (unpaired) electrons. The molecule has 2 spiro atoms. The van der Waals surface area contributed by atoms with Crippen LogP contribution in [0.4, 0.5) is 0 Å². The molecule has 12 rings (SSSR count). The minimum atomic E-state index is -0.671. The van der Waals surface area contributed by atoms with Gasteiger partial charge in [-0.05, 0) is 93.9 Å². The zero-order valence-electron chi connectivity index (χ0n) is 34.9. The van der Waals surface area contributed by atoms with Crippen LogP contribution in [0.15, 0.2) is 104 Å². The molecule has 3 fully saturated rings. The molecule has 4 heterocycles. The van der Waals surface area contributed by atoms with Crippen LogP contribution in [-0.2, 0) is 24.7 Å². The van der Waals surface area contributed by atoms with Crippen molar-refractivity contribution in [3.63, 3.8) is 0 Å². The highest BCUT2D eigenvalue weighted by Crippen LogP contribution is 2.58. The normalized spacial score (nSPS) is 28.0. The summed E-state index contributed by atoms with van der Waals surface area (Å²) in [6.07, 6.45) is 23.2. The topological polar surface area (TPSA) is 209 Å². The number of ether oxygens (including phenoxy) is 2. The van der Waals surface area contributed by atoms with E-state index in [1.807, 2.05) is 12.1 Å². The number of carbonyl (C=O) groups excluding carboxylic acids is 4. The first kappa shape index (κ1) is 39.8. The second-order valence-corrected chi connectivity index (χ2v) is 20.6. The second kappa shape index (κ2) is 14.4. The number of nitrogens with two attached hydrogens (primary N) is 1. The number of nitrogens with one attached hydrogen (secondary N) is 1. The average Bonchev–Trinajstić information content (AvgIpc) is 4.07. The van der Waals surface area contributed by atoms with Gasteiger partial charge in [0.1, 0.15) is 46.0 Å². The summed E-state index contributed by atoms with van der Waals surface area (Å²) in [5.41, 5.74) is 9.90. The molecule has 3 aliphatic heterocycles. The molecule has 3 N–H and O–H groups in total. The fourth-order valence-corrected chi connectivity index (χ4v) is 13.9. The number of allylic oxidation sites excluding steroid dienone is 12. The van der Waals surface area contributed by atoms with Crippen LogP contribution in [-0.4, -0.2) is 39.1 Å². The lowest BCUT2D eigenvalue weighted by Crippen LogP contribution is -2.45. The molecule has 1 aromatic carbocycles. The molecule has 320 valence electrons. The first-order valence-corrected chi connectivity index (χ1v) is 23.9. The molecule has 1 aromatic heterocycles. The molecule has 10 aliphatic rings. The van der Waals surface area contributed by atoms with E-state index in [1.54, 1.807) is 23.9 Å². The van der Waals surface area contributed by atoms with Gasteiger partial charge in [0.25, 0.3) is 0 Å². The summed E-state index contributed by atoms with van der Waals surface area (Å²) in [6.45, 7) is 0. The van der Waals surface area contributed by atoms with Gasteiger partial charge < -0.3 is 20.5 Å². The number of ketones is 4. The standard InChI is InChI=1S/C51H38N6O6S2/c52-21-26-13-29-30(14-27(26)22-53)43(59)35(42(29)58)19-40-56-48-46(64-40)33-11-24-17-39-34(12-25(24)16-38(33)62-50(48)7-3-1-4-8-50)47-49(51(63-39)9-5-2-6-10-51)57-41(65-47)20-36-44(60)31-15-28(23-54)37(55)18-32(31)45(36)61/h11-17,19-20,24-25,32,41,57H,1-10,18,55H2/b36-20-. The quantitative estimate of drug-likeness (QED) is 0.215. The van der Waals surface area contributed by atoms with Gasteiger partial charge in [-0.25, -0.2) is 4.98 Å². The van der Waals surface area contributed by atoms with Crippen molar-refractivity contribution in [2.24, 2.45) is 23.5 Å². The van der Waals surface area contributed by atoms with Crippen molar-refractivity contribution in [2.75, 3.05) is 0 Å². The van der Waals surface area contributed by atoms with Gasteiger partial charge in [0.2, 0.25) is 0 Å². The summed E-state index contributed by atoms with van der Waals surface area (Å²) in [4.78, 5) is 61.9. The monoisotopic (exact) mass is 894 g/mol. The number of thioether (sulfide) groups is 1. The number of nitriles is 3. The van der Waals surface area contributed by atoms with Crippen molar-refractivity contribution in [1.82, 2.24) is 10.3 Å². The van der Waals surface area contributed by atoms with Crippen LogP contribution >= 0.6 is 23.1 Å². The van der Waals surface area contributed by atoms with Crippen LogP contribution in [0.5, 0.6) is 0 Å². The van der Waals surface area contributed by atoms with Crippen LogP contribution < -0.4 is 11.1 Å². The van der Waals surface area contributed by atoms with Gasteiger partial charge in [0, 0.05) is 56.7 Å². The maximum atomic E-state index is 13.7. The van der Waals surface area contributed by atoms with Crippen molar-refractivity contribution < 1.29 is 28.7 Å². The number of rotatable bonds is 2. The number of fused-ring (bicyclic) bond motifs is 10. The van der Waals surface area contributed by atoms with Gasteiger partial charge >= 0.3 is 0 Å². The number of benzene rings is 1. The zero-order chi connectivity index (χ0) is 44.5. The Hall–Kier alpha value is -6.79. The molecule has 2 aromatic rings. The largest absolute Gasteiger partial charge is 0.481 e. The Labute approximate surface area is 381 Å². The average molecular weight is 895 g/mol. The van der Waals surface area contributed by atoms with Gasteiger partial charge in [-0.2, -0.15) is 15.8 Å². The highest BCUT2D eigenvalue weighted by molar-refractivity contribution is 8.04. The number of thiazole rings is 1. The number of aromatic nitrogens is 1. The van der Waals surface area contributed by atoms with Gasteiger partial charge in [-0.3, -0.25) is 19.2 Å². The summed E-state index contributed by atoms with van der Waals surface area (Å²) in [5, 5.41) is 32.6. The maximum Gasteiger partial charge on any atom is 0.197 e. The fourth-order valence-electron chi connectivity index (χ4n) is 11.5. The Bertz CT molecular complexity index is 3080. The molecule has 0 bridgehead atoms. The number of nitrogens with zero attached hydrogens (tertiary/aromatic N) is 4. The third-order valence-corrected chi connectivity index (χ3v) is 16.9. The van der Waals surface area contributed by atoms with Gasteiger partial charge in [-0.15, -0.1) is 11.3 Å². The molecule has 14 heteroatoms. The lowest BCUT2D eigenvalue weighted by atomic mass is 9.74. The Balaban J connectivity index is 0.894. The van der Waals surface area contributed by atoms with Gasteiger partial charge in [-0.1, -0.05) is 36.8 Å². The summed E-state index contributed by atoms with van der Waals surface area (Å²) in [5.74, 6) is -0.814. The Morgan fingerprint density at radius 3 is 2.03 bits per heavy atom. The van der Waals surface area contributed by atoms with Crippen molar-refractivity contribution in [1.29, 1.82) is 15.8 Å². The fraction of sp³-hybridized carbons (Fsp3) is 0.333. The van der Waals surface area contributed by atoms with E-state index in [2.05, 4.69) is 35.7 Å². The number of hydrogen-bond donors (Lipinski definition) is 2. The minimum absolute atomic E-state index is 0.0437. The maximum absolute atomic E-state index is 13.7. The summed E-state index contributed by atoms with van der Waals surface area (Å²) < 4.78 is 14.3. The summed E-state index contributed by atoms with van der Waals surface area (Å²) in [7, 11) is 0. The molecule has 0 saturated heterocycles. The molecule has 0 amide bonds. The van der Waals surface area contributed by atoms with Gasteiger partial charge in [0.05, 0.1) is 49.7 Å². The number of hydrogen-bond acceptors (Lipinski definition) is 14. The van der Waals surface area contributed by atoms with Crippen molar-refractivity contribution in [2.45, 2.75) is 87.2 Å². The molecule has 4 unspecified atom stereocenters. The van der Waals surface area contributed by atoms with Crippen molar-refractivity contribution in [3.8, 4) is 18.2 Å². The lowest BCUT2D eigenvalue weighted by Gasteiger charge is -2.46. The zero-order valence-corrected chi connectivity index (χ0v) is 36.5. The smallest absolute Gasteiger partial charge is 0.197 e. The molecule has 65 heavy (non-hydrogen) atoms. The highest BCUT2D eigenvalue weighted by atomic mass is 32.2. The first-order chi connectivity index (χ1) is 31.5. The second-order valence-electron chi connectivity index (χ2n) is 18.4. The summed E-state index contributed by atoms with van der Waals surface area (Å²) in [6, 6.07) is 8.63. The predicted molar refractivity (Wildman–Crippen MR) is 239 cm³/mol. The van der Waals surface area contributed by atoms with E-state index < -0.39 is 34.1 Å². The van der Waals surface area contributed by atoms with Crippen LogP contribution in [0.1, 0.15) is 118 Å². The van der Waals surface area contributed by atoms with Crippen LogP contribution in [0.2, 0.25) is 0 Å². The third-order valence-electron chi connectivity index (χ3n) is 14.7. The Morgan fingerprint density at radius 2 is 1.38 bits per heavy atom. The van der Waals surface area contributed by atoms with E-state index >= 15 is 0 Å². The van der Waals surface area contributed by atoms with Crippen molar-refractivity contribution >= 4 is 57.9 Å². The lowest BCUT2D eigenvalue weighted by molar-refractivity contribution is -0.118. The number of carbonyl (C=O) groups is 4. The SMILES string of the molecule is N#CC1=C(N)CC2C(=O)/C(=C\C3NC4=C(S3)C3=CC5C=C6OC7(CCCCC7)c7nc(C=C8C(=O)c9cc(C#N)c(C#N)cc9C8=O)sc7C6=CC5C=C3OC43CCCCC3)C(=O)C2=C1. The Kier molecular flexibility index (Phi) is 8.78. The van der Waals surface area contributed by atoms with Crippen LogP contribution in [0, 0.1) is 51.7 Å².